The molecule has 0 aliphatic carbocycles. The van der Waals surface area contributed by atoms with Gasteiger partial charge in [0.1, 0.15) is 4.90 Å². The molecule has 3 rings (SSSR count). The van der Waals surface area contributed by atoms with Crippen LogP contribution in [0.4, 0.5) is 5.69 Å². The number of fused-ring (bicyclic) bond motifs is 1. The summed E-state index contributed by atoms with van der Waals surface area (Å²) in [5.74, 6) is 0.927. The SMILES string of the molecule is Cc1n[nH]c(C)c1S(=O)(=O)Nc1cc2c(cc1Cl)OCO2. The molecule has 21 heavy (non-hydrogen) atoms. The lowest BCUT2D eigenvalue weighted by atomic mass is 10.3. The fraction of sp³-hybridized carbons (Fsp3) is 0.250. The van der Waals surface area contributed by atoms with Crippen LogP contribution in [0.1, 0.15) is 11.4 Å². The molecule has 9 heteroatoms. The van der Waals surface area contributed by atoms with Gasteiger partial charge in [-0.25, -0.2) is 8.42 Å². The zero-order valence-electron chi connectivity index (χ0n) is 11.2. The molecule has 0 amide bonds. The zero-order valence-corrected chi connectivity index (χ0v) is 12.8. The van der Waals surface area contributed by atoms with Crippen LogP contribution in [0.5, 0.6) is 11.5 Å². The molecule has 1 aliphatic rings. The fourth-order valence-corrected chi connectivity index (χ4v) is 3.83. The lowest BCUT2D eigenvalue weighted by Gasteiger charge is -2.10. The third-order valence-corrected chi connectivity index (χ3v) is 4.98. The maximum Gasteiger partial charge on any atom is 0.265 e. The van der Waals surface area contributed by atoms with Gasteiger partial charge in [-0.05, 0) is 13.8 Å². The third-order valence-electron chi connectivity index (χ3n) is 3.04. The van der Waals surface area contributed by atoms with Crippen LogP contribution in [0, 0.1) is 13.8 Å². The number of aromatic nitrogens is 2. The first-order chi connectivity index (χ1) is 9.88. The Hall–Kier alpha value is -1.93. The summed E-state index contributed by atoms with van der Waals surface area (Å²) in [6, 6.07) is 3.00. The average Bonchev–Trinajstić information content (AvgIpc) is 2.96. The van der Waals surface area contributed by atoms with Crippen LogP contribution in [0.25, 0.3) is 0 Å². The highest BCUT2D eigenvalue weighted by molar-refractivity contribution is 7.92. The van der Waals surface area contributed by atoms with Crippen molar-refractivity contribution < 1.29 is 17.9 Å². The molecule has 0 saturated carbocycles. The lowest BCUT2D eigenvalue weighted by Crippen LogP contribution is -2.14. The van der Waals surface area contributed by atoms with Gasteiger partial charge in [-0.2, -0.15) is 5.10 Å². The normalized spacial score (nSPS) is 13.5. The molecule has 0 fully saturated rings. The Bertz CT molecular complexity index is 797. The fourth-order valence-electron chi connectivity index (χ4n) is 2.13. The quantitative estimate of drug-likeness (QED) is 0.900. The van der Waals surface area contributed by atoms with Crippen LogP contribution in [0.15, 0.2) is 17.0 Å². The Labute approximate surface area is 126 Å². The van der Waals surface area contributed by atoms with Crippen LogP contribution in [0.2, 0.25) is 5.02 Å². The van der Waals surface area contributed by atoms with Crippen molar-refractivity contribution in [3.63, 3.8) is 0 Å². The smallest absolute Gasteiger partial charge is 0.265 e. The predicted octanol–water partition coefficient (Wildman–Crippen LogP) is 2.21. The van der Waals surface area contributed by atoms with Gasteiger partial charge in [-0.1, -0.05) is 11.6 Å². The van der Waals surface area contributed by atoms with E-state index in [0.717, 1.165) is 0 Å². The molecule has 1 aliphatic heterocycles. The number of nitrogens with one attached hydrogen (secondary N) is 2. The van der Waals surface area contributed by atoms with E-state index in [1.54, 1.807) is 13.8 Å². The summed E-state index contributed by atoms with van der Waals surface area (Å²) in [6.07, 6.45) is 0. The van der Waals surface area contributed by atoms with Gasteiger partial charge in [-0.3, -0.25) is 9.82 Å². The van der Waals surface area contributed by atoms with Gasteiger partial charge in [0, 0.05) is 12.1 Å². The molecular formula is C12H12ClN3O4S. The van der Waals surface area contributed by atoms with Crippen molar-refractivity contribution in [2.75, 3.05) is 11.5 Å². The third kappa shape index (κ3) is 2.40. The molecule has 1 aromatic carbocycles. The topological polar surface area (TPSA) is 93.3 Å². The molecule has 1 aromatic heterocycles. The largest absolute Gasteiger partial charge is 0.454 e. The van der Waals surface area contributed by atoms with E-state index in [1.165, 1.54) is 12.1 Å². The molecule has 112 valence electrons. The monoisotopic (exact) mass is 329 g/mol. The van der Waals surface area contributed by atoms with E-state index in [9.17, 15) is 8.42 Å². The molecule has 0 spiro atoms. The molecule has 2 aromatic rings. The highest BCUT2D eigenvalue weighted by atomic mass is 35.5. The molecule has 0 radical (unpaired) electrons. The van der Waals surface area contributed by atoms with Crippen LogP contribution in [-0.4, -0.2) is 25.4 Å². The van der Waals surface area contributed by atoms with E-state index in [-0.39, 0.29) is 22.4 Å². The van der Waals surface area contributed by atoms with E-state index in [2.05, 4.69) is 14.9 Å². The highest BCUT2D eigenvalue weighted by Crippen LogP contribution is 2.40. The minimum atomic E-state index is -3.80. The number of hydrogen-bond acceptors (Lipinski definition) is 5. The number of ether oxygens (including phenoxy) is 2. The second-order valence-electron chi connectivity index (χ2n) is 4.55. The van der Waals surface area contributed by atoms with E-state index in [4.69, 9.17) is 21.1 Å². The summed E-state index contributed by atoms with van der Waals surface area (Å²) in [4.78, 5) is 0.108. The number of hydrogen-bond donors (Lipinski definition) is 2. The van der Waals surface area contributed by atoms with Crippen molar-refractivity contribution in [2.24, 2.45) is 0 Å². The van der Waals surface area contributed by atoms with Crippen molar-refractivity contribution >= 4 is 27.3 Å². The van der Waals surface area contributed by atoms with E-state index >= 15 is 0 Å². The number of halogens is 1. The average molecular weight is 330 g/mol. The van der Waals surface area contributed by atoms with Crippen LogP contribution < -0.4 is 14.2 Å². The molecule has 2 heterocycles. The van der Waals surface area contributed by atoms with Crippen molar-refractivity contribution in [2.45, 2.75) is 18.7 Å². The van der Waals surface area contributed by atoms with Crippen molar-refractivity contribution in [1.29, 1.82) is 0 Å². The highest BCUT2D eigenvalue weighted by Gasteiger charge is 2.25. The molecule has 0 unspecified atom stereocenters. The second kappa shape index (κ2) is 4.81. The number of aromatic amines is 1. The van der Waals surface area contributed by atoms with Gasteiger partial charge >= 0.3 is 0 Å². The van der Waals surface area contributed by atoms with Crippen LogP contribution >= 0.6 is 11.6 Å². The van der Waals surface area contributed by atoms with Crippen LogP contribution in [-0.2, 0) is 10.0 Å². The maximum atomic E-state index is 12.5. The number of H-pyrrole nitrogens is 1. The minimum Gasteiger partial charge on any atom is -0.454 e. The molecule has 2 N–H and O–H groups in total. The number of aryl methyl sites for hydroxylation is 2. The first-order valence-corrected chi connectivity index (χ1v) is 7.88. The van der Waals surface area contributed by atoms with Gasteiger partial charge in [0.25, 0.3) is 10.0 Å². The predicted molar refractivity (Wildman–Crippen MR) is 76.4 cm³/mol. The molecular weight excluding hydrogens is 318 g/mol. The van der Waals surface area contributed by atoms with Crippen molar-refractivity contribution in [3.8, 4) is 11.5 Å². The Kier molecular flexibility index (Phi) is 3.22. The van der Waals surface area contributed by atoms with Crippen molar-refractivity contribution in [3.05, 3.63) is 28.5 Å². The van der Waals surface area contributed by atoms with Gasteiger partial charge in [0.05, 0.1) is 22.1 Å². The number of rotatable bonds is 3. The number of benzene rings is 1. The Morgan fingerprint density at radius 1 is 1.29 bits per heavy atom. The van der Waals surface area contributed by atoms with E-state index in [0.29, 0.717) is 22.9 Å². The Morgan fingerprint density at radius 3 is 2.57 bits per heavy atom. The van der Waals surface area contributed by atoms with Gasteiger partial charge in [-0.15, -0.1) is 0 Å². The molecule has 7 nitrogen and oxygen atoms in total. The Morgan fingerprint density at radius 2 is 1.95 bits per heavy atom. The summed E-state index contributed by atoms with van der Waals surface area (Å²) in [5, 5.41) is 6.74. The minimum absolute atomic E-state index is 0.0851. The number of nitrogens with zero attached hydrogens (tertiary/aromatic N) is 1. The standard InChI is InChI=1S/C12H12ClN3O4S/c1-6-12(7(2)15-14-6)21(17,18)16-9-4-11-10(3-8(9)13)19-5-20-11/h3-4,16H,5H2,1-2H3,(H,14,15). The van der Waals surface area contributed by atoms with Crippen molar-refractivity contribution in [1.82, 2.24) is 10.2 Å². The van der Waals surface area contributed by atoms with Gasteiger partial charge in [0.2, 0.25) is 6.79 Å². The number of sulfonamides is 1. The van der Waals surface area contributed by atoms with Gasteiger partial charge < -0.3 is 9.47 Å². The maximum absolute atomic E-state index is 12.5. The summed E-state index contributed by atoms with van der Waals surface area (Å²) >= 11 is 6.07. The lowest BCUT2D eigenvalue weighted by molar-refractivity contribution is 0.174. The summed E-state index contributed by atoms with van der Waals surface area (Å²) < 4.78 is 37.7. The van der Waals surface area contributed by atoms with Crippen LogP contribution in [0.3, 0.4) is 0 Å². The first-order valence-electron chi connectivity index (χ1n) is 6.02. The van der Waals surface area contributed by atoms with Gasteiger partial charge in [0.15, 0.2) is 11.5 Å². The molecule has 0 bridgehead atoms. The number of anilines is 1. The van der Waals surface area contributed by atoms with E-state index < -0.39 is 10.0 Å². The summed E-state index contributed by atoms with van der Waals surface area (Å²) in [7, 11) is -3.80. The summed E-state index contributed by atoms with van der Waals surface area (Å²) in [6.45, 7) is 3.33. The summed E-state index contributed by atoms with van der Waals surface area (Å²) in [5.41, 5.74) is 1.06. The zero-order chi connectivity index (χ0) is 15.2. The van der Waals surface area contributed by atoms with E-state index in [1.807, 2.05) is 0 Å². The molecule has 0 atom stereocenters. The molecule has 0 saturated heterocycles. The Balaban J connectivity index is 2.01. The first kappa shape index (κ1) is 14.0. The second-order valence-corrected chi connectivity index (χ2v) is 6.58.